The van der Waals surface area contributed by atoms with E-state index in [1.165, 1.54) is 161 Å². The summed E-state index contributed by atoms with van der Waals surface area (Å²) >= 11 is 0. The van der Waals surface area contributed by atoms with Crippen LogP contribution in [-0.4, -0.2) is 37.2 Å². The monoisotopic (exact) mass is 911 g/mol. The average molecular weight is 911 g/mol. The van der Waals surface area contributed by atoms with E-state index in [1.807, 2.05) is 0 Å². The van der Waals surface area contributed by atoms with E-state index in [2.05, 4.69) is 69.4 Å². The van der Waals surface area contributed by atoms with Gasteiger partial charge in [-0.05, 0) is 77.0 Å². The van der Waals surface area contributed by atoms with Gasteiger partial charge in [-0.1, -0.05) is 243 Å². The summed E-state index contributed by atoms with van der Waals surface area (Å²) in [5.74, 6) is -0.890. The van der Waals surface area contributed by atoms with E-state index < -0.39 is 6.10 Å². The Labute approximate surface area is 403 Å². The summed E-state index contributed by atoms with van der Waals surface area (Å²) in [5.41, 5.74) is 0. The second-order valence-corrected chi connectivity index (χ2v) is 18.8. The number of hydrogen-bond donors (Lipinski definition) is 0. The molecule has 0 rings (SSSR count). The smallest absolute Gasteiger partial charge is 0.306 e. The van der Waals surface area contributed by atoms with Crippen molar-refractivity contribution >= 4 is 17.9 Å². The minimum atomic E-state index is -0.773. The Morgan fingerprint density at radius 1 is 0.323 bits per heavy atom. The van der Waals surface area contributed by atoms with Gasteiger partial charge in [0.15, 0.2) is 6.10 Å². The molecule has 6 nitrogen and oxygen atoms in total. The van der Waals surface area contributed by atoms with Crippen molar-refractivity contribution < 1.29 is 28.6 Å². The molecule has 0 N–H and O–H groups in total. The fourth-order valence-corrected chi connectivity index (χ4v) is 8.10. The van der Waals surface area contributed by atoms with Crippen molar-refractivity contribution in [2.75, 3.05) is 13.2 Å². The minimum absolute atomic E-state index is 0.0757. The molecule has 0 fully saturated rings. The molecule has 0 amide bonds. The summed E-state index contributed by atoms with van der Waals surface area (Å²) in [4.78, 5) is 37.7. The molecule has 6 heteroatoms. The Balaban J connectivity index is 4.05. The summed E-state index contributed by atoms with van der Waals surface area (Å²) in [7, 11) is 0. The fraction of sp³-hybridized carbons (Fsp3) is 0.814. The van der Waals surface area contributed by atoms with E-state index in [1.54, 1.807) is 0 Å². The summed E-state index contributed by atoms with van der Waals surface area (Å²) in [6.45, 7) is 6.46. The lowest BCUT2D eigenvalue weighted by Crippen LogP contribution is -2.30. The molecule has 65 heavy (non-hydrogen) atoms. The number of carbonyl (C=O) groups is 3. The van der Waals surface area contributed by atoms with Crippen molar-refractivity contribution in [1.29, 1.82) is 0 Å². The first-order valence-corrected chi connectivity index (χ1v) is 28.1. The Morgan fingerprint density at radius 3 is 0.954 bits per heavy atom. The summed E-state index contributed by atoms with van der Waals surface area (Å²) in [6, 6.07) is 0. The van der Waals surface area contributed by atoms with Gasteiger partial charge in [-0.15, -0.1) is 0 Å². The number of allylic oxidation sites excluding steroid dienone is 8. The highest BCUT2D eigenvalue weighted by Crippen LogP contribution is 2.16. The third kappa shape index (κ3) is 52.2. The van der Waals surface area contributed by atoms with Crippen LogP contribution in [0.3, 0.4) is 0 Å². The van der Waals surface area contributed by atoms with Gasteiger partial charge < -0.3 is 14.2 Å². The standard InChI is InChI=1S/C59H106O6/c1-4-7-10-13-15-17-19-21-23-25-26-27-28-29-30-31-32-34-35-37-39-41-43-46-49-52-58(61)64-55-56(54-63-57(60)51-48-45-12-9-6-3)65-59(62)53-50-47-44-42-40-38-36-33-24-22-20-18-16-14-11-8-5-2/h8,11,16,18,22,24-26,56H,4-7,9-10,12-15,17,19-21,23,27-55H2,1-3H3/b11-8-,18-16-,24-22-,26-25-. The van der Waals surface area contributed by atoms with Crippen LogP contribution in [-0.2, 0) is 28.6 Å². The number of carbonyl (C=O) groups excluding carboxylic acids is 3. The van der Waals surface area contributed by atoms with Gasteiger partial charge in [-0.2, -0.15) is 0 Å². The summed E-state index contributed by atoms with van der Waals surface area (Å²) in [6.07, 6.45) is 65.8. The lowest BCUT2D eigenvalue weighted by molar-refractivity contribution is -0.167. The van der Waals surface area contributed by atoms with Crippen LogP contribution in [0.1, 0.15) is 290 Å². The molecule has 0 aromatic rings. The summed E-state index contributed by atoms with van der Waals surface area (Å²) < 4.78 is 16.7. The first-order chi connectivity index (χ1) is 32.0. The van der Waals surface area contributed by atoms with Gasteiger partial charge >= 0.3 is 17.9 Å². The van der Waals surface area contributed by atoms with Gasteiger partial charge in [0.05, 0.1) is 0 Å². The molecule has 378 valence electrons. The molecule has 0 aromatic heterocycles. The van der Waals surface area contributed by atoms with E-state index >= 15 is 0 Å². The average Bonchev–Trinajstić information content (AvgIpc) is 3.30. The molecule has 0 aliphatic carbocycles. The second kappa shape index (κ2) is 54.0. The first-order valence-electron chi connectivity index (χ1n) is 28.1. The molecule has 0 saturated heterocycles. The largest absolute Gasteiger partial charge is 0.462 e. The van der Waals surface area contributed by atoms with Crippen LogP contribution in [0, 0.1) is 0 Å². The number of esters is 3. The van der Waals surface area contributed by atoms with Crippen LogP contribution in [0.15, 0.2) is 48.6 Å². The van der Waals surface area contributed by atoms with E-state index in [9.17, 15) is 14.4 Å². The zero-order chi connectivity index (χ0) is 47.2. The molecular weight excluding hydrogens is 805 g/mol. The number of unbranched alkanes of at least 4 members (excludes halogenated alkanes) is 32. The molecule has 0 saturated carbocycles. The molecular formula is C59H106O6. The maximum atomic E-state index is 12.8. The van der Waals surface area contributed by atoms with Crippen LogP contribution >= 0.6 is 0 Å². The second-order valence-electron chi connectivity index (χ2n) is 18.8. The van der Waals surface area contributed by atoms with Crippen LogP contribution in [0.4, 0.5) is 0 Å². The normalized spacial score (nSPS) is 12.4. The Bertz CT molecular complexity index is 1140. The molecule has 0 bridgehead atoms. The van der Waals surface area contributed by atoms with Gasteiger partial charge in [-0.3, -0.25) is 14.4 Å². The molecule has 0 spiro atoms. The summed E-state index contributed by atoms with van der Waals surface area (Å²) in [5, 5.41) is 0. The zero-order valence-electron chi connectivity index (χ0n) is 43.3. The zero-order valence-corrected chi connectivity index (χ0v) is 43.3. The lowest BCUT2D eigenvalue weighted by Gasteiger charge is -2.18. The molecule has 0 radical (unpaired) electrons. The topological polar surface area (TPSA) is 78.9 Å². The molecule has 1 unspecified atom stereocenters. The van der Waals surface area contributed by atoms with Gasteiger partial charge in [-0.25, -0.2) is 0 Å². The number of ether oxygens (including phenoxy) is 3. The van der Waals surface area contributed by atoms with Crippen molar-refractivity contribution in [3.8, 4) is 0 Å². The highest BCUT2D eigenvalue weighted by molar-refractivity contribution is 5.71. The first kappa shape index (κ1) is 62.4. The molecule has 0 aliphatic rings. The fourth-order valence-electron chi connectivity index (χ4n) is 8.10. The van der Waals surface area contributed by atoms with E-state index in [4.69, 9.17) is 14.2 Å². The molecule has 1 atom stereocenters. The number of rotatable bonds is 51. The van der Waals surface area contributed by atoms with Gasteiger partial charge in [0.25, 0.3) is 0 Å². The Hall–Kier alpha value is -2.63. The maximum absolute atomic E-state index is 12.8. The van der Waals surface area contributed by atoms with Gasteiger partial charge in [0.1, 0.15) is 13.2 Å². The van der Waals surface area contributed by atoms with E-state index in [-0.39, 0.29) is 31.1 Å². The van der Waals surface area contributed by atoms with Crippen molar-refractivity contribution in [3.63, 3.8) is 0 Å². The van der Waals surface area contributed by atoms with E-state index in [0.29, 0.717) is 19.3 Å². The van der Waals surface area contributed by atoms with Crippen LogP contribution < -0.4 is 0 Å². The van der Waals surface area contributed by atoms with Gasteiger partial charge in [0.2, 0.25) is 0 Å². The Kier molecular flexibility index (Phi) is 51.8. The third-order valence-corrected chi connectivity index (χ3v) is 12.3. The van der Waals surface area contributed by atoms with E-state index in [0.717, 1.165) is 89.9 Å². The van der Waals surface area contributed by atoms with Crippen LogP contribution in [0.5, 0.6) is 0 Å². The van der Waals surface area contributed by atoms with Crippen molar-refractivity contribution in [1.82, 2.24) is 0 Å². The minimum Gasteiger partial charge on any atom is -0.462 e. The number of hydrogen-bond acceptors (Lipinski definition) is 6. The van der Waals surface area contributed by atoms with Crippen molar-refractivity contribution in [2.45, 2.75) is 297 Å². The maximum Gasteiger partial charge on any atom is 0.306 e. The predicted octanol–water partition coefficient (Wildman–Crippen LogP) is 18.7. The van der Waals surface area contributed by atoms with Gasteiger partial charge in [0, 0.05) is 19.3 Å². The van der Waals surface area contributed by atoms with Crippen molar-refractivity contribution in [3.05, 3.63) is 48.6 Å². The molecule has 0 heterocycles. The predicted molar refractivity (Wildman–Crippen MR) is 279 cm³/mol. The third-order valence-electron chi connectivity index (χ3n) is 12.3. The van der Waals surface area contributed by atoms with Crippen LogP contribution in [0.2, 0.25) is 0 Å². The molecule has 0 aliphatic heterocycles. The highest BCUT2D eigenvalue weighted by Gasteiger charge is 2.19. The lowest BCUT2D eigenvalue weighted by atomic mass is 10.0. The van der Waals surface area contributed by atoms with Crippen molar-refractivity contribution in [2.24, 2.45) is 0 Å². The Morgan fingerprint density at radius 2 is 0.600 bits per heavy atom. The van der Waals surface area contributed by atoms with Crippen LogP contribution in [0.25, 0.3) is 0 Å². The SMILES string of the molecule is CC/C=C\C/C=C\C/C=C\CCCCCCCCCC(=O)OC(COC(=O)CCCCCCC)COC(=O)CCCCCCCCCCCCCCC/C=C\CCCCCCCCCC. The quantitative estimate of drug-likeness (QED) is 0.0262. The molecule has 0 aromatic carbocycles. The highest BCUT2D eigenvalue weighted by atomic mass is 16.6.